The first-order chi connectivity index (χ1) is 31.3. The monoisotopic (exact) mass is 929 g/mol. The summed E-state index contributed by atoms with van der Waals surface area (Å²) in [5, 5.41) is 3.34. The number of urea groups is 1. The first kappa shape index (κ1) is 47.3. The van der Waals surface area contributed by atoms with Crippen molar-refractivity contribution < 1.29 is 32.6 Å². The molecule has 0 aliphatic carbocycles. The van der Waals surface area contributed by atoms with Crippen LogP contribution in [0.25, 0.3) is 12.2 Å². The third-order valence-corrected chi connectivity index (χ3v) is 12.8. The van der Waals surface area contributed by atoms with E-state index in [0.717, 1.165) is 76.1 Å². The number of rotatable bonds is 13. The van der Waals surface area contributed by atoms with Crippen molar-refractivity contribution in [3.63, 3.8) is 0 Å². The van der Waals surface area contributed by atoms with Crippen LogP contribution < -0.4 is 26.3 Å². The number of piperazine rings is 2. The van der Waals surface area contributed by atoms with Crippen molar-refractivity contribution in [2.24, 2.45) is 5.73 Å². The molecule has 4 saturated heterocycles. The smallest absolute Gasteiger partial charge is 0.316 e. The van der Waals surface area contributed by atoms with Crippen LogP contribution in [0.5, 0.6) is 11.5 Å². The van der Waals surface area contributed by atoms with E-state index in [4.69, 9.17) is 44.1 Å². The van der Waals surface area contributed by atoms with E-state index >= 15 is 0 Å². The average Bonchev–Trinajstić information content (AvgIpc) is 3.70. The second kappa shape index (κ2) is 21.5. The lowest BCUT2D eigenvalue weighted by atomic mass is 10.1. The Kier molecular flexibility index (Phi) is 15.7. The number of nitrogens with zero attached hydrogens (tertiary/aromatic N) is 4. The summed E-state index contributed by atoms with van der Waals surface area (Å²) >= 11 is 12.4. The van der Waals surface area contributed by atoms with E-state index in [1.165, 1.54) is 30.3 Å². The molecule has 344 valence electrons. The highest BCUT2D eigenvalue weighted by atomic mass is 35.5. The summed E-state index contributed by atoms with van der Waals surface area (Å²) in [5.74, 6) is 0.476. The Morgan fingerprint density at radius 1 is 0.662 bits per heavy atom. The Morgan fingerprint density at radius 3 is 1.48 bits per heavy atom. The number of halogens is 4. The zero-order chi connectivity index (χ0) is 46.2. The summed E-state index contributed by atoms with van der Waals surface area (Å²) in [5.41, 5.74) is 15.7. The molecule has 0 saturated carbocycles. The van der Waals surface area contributed by atoms with Gasteiger partial charge in [0.05, 0.1) is 28.9 Å². The van der Waals surface area contributed by atoms with Crippen LogP contribution in [0, 0.1) is 11.6 Å². The van der Waals surface area contributed by atoms with Gasteiger partial charge in [-0.3, -0.25) is 19.4 Å². The number of nitrogens with two attached hydrogens (primary N) is 2. The van der Waals surface area contributed by atoms with Gasteiger partial charge in [0, 0.05) is 92.4 Å². The summed E-state index contributed by atoms with van der Waals surface area (Å²) in [6.45, 7) is 9.36. The van der Waals surface area contributed by atoms with Crippen LogP contribution >= 0.6 is 23.2 Å². The minimum absolute atomic E-state index is 0.00115. The zero-order valence-corrected chi connectivity index (χ0v) is 38.0. The standard InChI is InChI=1S/C25H28ClFN4O3.C24H27ClFN3O2/c1-2-34-23-11-17(22(12-21(23)26)29-25(28)33)5-10-24(32)31-19-8-9-20(31)15-30(14-19)13-16-3-6-18(27)7-4-16;1-2-31-23-11-17(22(27)12-21(23)25)5-10-24(30)29-19-8-9-20(29)15-28(14-19)13-16-3-6-18(26)7-4-16/h3-7,10-12,19-20H,2,8-9,13-15H2,1H3,(H3,28,29,33);3-7,10-12,19-20H,2,8-9,13-15,27H2,1H3/b2*10-5+. The van der Waals surface area contributed by atoms with Gasteiger partial charge in [0.25, 0.3) is 0 Å². The number of hydrogen-bond acceptors (Lipinski definition) is 8. The van der Waals surface area contributed by atoms with E-state index in [9.17, 15) is 23.2 Å². The average molecular weight is 931 g/mol. The molecule has 0 radical (unpaired) electrons. The molecule has 4 heterocycles. The number of fused-ring (bicyclic) bond motifs is 4. The minimum Gasteiger partial charge on any atom is -0.492 e. The van der Waals surface area contributed by atoms with Crippen LogP contribution in [0.1, 0.15) is 61.8 Å². The number of amides is 4. The number of benzene rings is 4. The van der Waals surface area contributed by atoms with Crippen molar-refractivity contribution in [1.82, 2.24) is 19.6 Å². The molecule has 4 aromatic rings. The van der Waals surface area contributed by atoms with Crippen molar-refractivity contribution >= 4 is 64.6 Å². The molecular weight excluding hydrogens is 875 g/mol. The summed E-state index contributed by atoms with van der Waals surface area (Å²) in [7, 11) is 0. The maximum Gasteiger partial charge on any atom is 0.316 e. The number of likely N-dealkylation sites (tertiary alicyclic amines) is 2. The van der Waals surface area contributed by atoms with Crippen molar-refractivity contribution in [2.45, 2.75) is 76.8 Å². The van der Waals surface area contributed by atoms with Crippen molar-refractivity contribution in [2.75, 3.05) is 50.4 Å². The molecule has 4 amide bonds. The molecule has 4 aliphatic heterocycles. The summed E-state index contributed by atoms with van der Waals surface area (Å²) < 4.78 is 37.4. The predicted molar refractivity (Wildman–Crippen MR) is 252 cm³/mol. The fourth-order valence-corrected chi connectivity index (χ4v) is 9.80. The van der Waals surface area contributed by atoms with Gasteiger partial charge >= 0.3 is 6.03 Å². The van der Waals surface area contributed by atoms with E-state index in [1.807, 2.05) is 35.8 Å². The molecule has 12 nitrogen and oxygen atoms in total. The van der Waals surface area contributed by atoms with Gasteiger partial charge in [-0.15, -0.1) is 0 Å². The summed E-state index contributed by atoms with van der Waals surface area (Å²) in [4.78, 5) is 46.2. The van der Waals surface area contributed by atoms with Gasteiger partial charge in [0.1, 0.15) is 23.1 Å². The van der Waals surface area contributed by atoms with E-state index in [-0.39, 0.29) is 47.6 Å². The van der Waals surface area contributed by atoms with Crippen LogP contribution in [-0.4, -0.2) is 101 Å². The Labute approximate surface area is 388 Å². The fourth-order valence-electron chi connectivity index (χ4n) is 9.36. The van der Waals surface area contributed by atoms with Gasteiger partial charge in [-0.05, 0) is 111 Å². The van der Waals surface area contributed by atoms with Crippen molar-refractivity contribution in [3.05, 3.63) is 129 Å². The van der Waals surface area contributed by atoms with E-state index in [1.54, 1.807) is 54.6 Å². The molecule has 0 spiro atoms. The normalized spacial score (nSPS) is 20.5. The van der Waals surface area contributed by atoms with Crippen LogP contribution in [0.2, 0.25) is 10.0 Å². The number of hydrogen-bond donors (Lipinski definition) is 3. The predicted octanol–water partition coefficient (Wildman–Crippen LogP) is 8.61. The van der Waals surface area contributed by atoms with E-state index in [2.05, 4.69) is 15.1 Å². The Morgan fingerprint density at radius 2 is 1.06 bits per heavy atom. The van der Waals surface area contributed by atoms with Gasteiger partial charge in [-0.1, -0.05) is 47.5 Å². The molecule has 16 heteroatoms. The highest BCUT2D eigenvalue weighted by Gasteiger charge is 2.43. The lowest BCUT2D eigenvalue weighted by molar-refractivity contribution is -0.132. The van der Waals surface area contributed by atoms with Crippen LogP contribution in [0.15, 0.2) is 84.9 Å². The highest BCUT2D eigenvalue weighted by molar-refractivity contribution is 6.32. The summed E-state index contributed by atoms with van der Waals surface area (Å²) in [6.07, 6.45) is 10.4. The van der Waals surface area contributed by atoms with E-state index < -0.39 is 6.03 Å². The summed E-state index contributed by atoms with van der Waals surface area (Å²) in [6, 6.07) is 19.8. The first-order valence-corrected chi connectivity index (χ1v) is 22.7. The zero-order valence-electron chi connectivity index (χ0n) is 36.5. The Bertz CT molecular complexity index is 2380. The van der Waals surface area contributed by atoms with Gasteiger partial charge < -0.3 is 36.1 Å². The second-order valence-corrected chi connectivity index (χ2v) is 17.5. The molecule has 4 atom stereocenters. The minimum atomic E-state index is -0.725. The number of nitrogen functional groups attached to an aromatic ring is 1. The molecule has 4 aliphatic rings. The molecule has 4 unspecified atom stereocenters. The number of carbonyl (C=O) groups excluding carboxylic acids is 3. The molecule has 4 bridgehead atoms. The molecule has 4 aromatic carbocycles. The number of anilines is 2. The number of primary amides is 1. The van der Waals surface area contributed by atoms with Gasteiger partial charge in [-0.25, -0.2) is 13.6 Å². The quantitative estimate of drug-likeness (QED) is 0.0893. The lowest BCUT2D eigenvalue weighted by Crippen LogP contribution is -2.55. The van der Waals surface area contributed by atoms with E-state index in [0.29, 0.717) is 57.3 Å². The maximum absolute atomic E-state index is 13.2. The topological polar surface area (TPSA) is 147 Å². The lowest BCUT2D eigenvalue weighted by Gasteiger charge is -2.40. The molecule has 65 heavy (non-hydrogen) atoms. The number of nitrogens with one attached hydrogen (secondary N) is 1. The number of ether oxygens (including phenoxy) is 2. The molecule has 0 aromatic heterocycles. The Balaban J connectivity index is 0.000000195. The Hall–Kier alpha value is -5.67. The maximum atomic E-state index is 13.2. The van der Waals surface area contributed by atoms with Crippen LogP contribution in [-0.2, 0) is 22.7 Å². The SMILES string of the molecule is CCOc1cc(/C=C/C(=O)N2C3CCC2CN(Cc2ccc(F)cc2)C3)c(N)cc1Cl.CCOc1cc(/C=C/C(=O)N2C3CCC2CN(Cc2ccc(F)cc2)C3)c(NC(N)=O)cc1Cl. The largest absolute Gasteiger partial charge is 0.492 e. The van der Waals surface area contributed by atoms with Crippen LogP contribution in [0.3, 0.4) is 0 Å². The first-order valence-electron chi connectivity index (χ1n) is 22.0. The van der Waals surface area contributed by atoms with Crippen LogP contribution in [0.4, 0.5) is 25.0 Å². The fraction of sp³-hybridized carbons (Fsp3) is 0.367. The molecule has 5 N–H and O–H groups in total. The highest BCUT2D eigenvalue weighted by Crippen LogP contribution is 2.36. The third kappa shape index (κ3) is 12.0. The van der Waals surface area contributed by atoms with Crippen molar-refractivity contribution in [3.8, 4) is 11.5 Å². The van der Waals surface area contributed by atoms with Crippen molar-refractivity contribution in [1.29, 1.82) is 0 Å². The van der Waals surface area contributed by atoms with Gasteiger partial charge in [0.2, 0.25) is 11.8 Å². The number of carbonyl (C=O) groups is 3. The molecule has 8 rings (SSSR count). The second-order valence-electron chi connectivity index (χ2n) is 16.7. The third-order valence-electron chi connectivity index (χ3n) is 12.2. The van der Waals surface area contributed by atoms with Gasteiger partial charge in [-0.2, -0.15) is 0 Å². The van der Waals surface area contributed by atoms with Gasteiger partial charge in [0.15, 0.2) is 0 Å². The molecule has 4 fully saturated rings. The molecular formula is C49H55Cl2F2N7O5.